The zero-order chi connectivity index (χ0) is 22.1. The molecule has 0 atom stereocenters. The molecular weight excluding hydrogens is 412 g/mol. The second kappa shape index (κ2) is 8.00. The minimum Gasteiger partial charge on any atom is -0.497 e. The van der Waals surface area contributed by atoms with Gasteiger partial charge in [-0.2, -0.15) is 8.78 Å². The Hall–Kier alpha value is -3.87. The van der Waals surface area contributed by atoms with Crippen molar-refractivity contribution in [2.45, 2.75) is 18.3 Å². The summed E-state index contributed by atoms with van der Waals surface area (Å²) >= 11 is 0. The summed E-state index contributed by atoms with van der Waals surface area (Å²) in [5.74, 6) is 0.634. The number of benzene rings is 1. The standard InChI is InChI=1S/C25H19F2N3O2/c1-31-18-4-5-21-20(13-18)25(14-16-6-9-28-22(26)11-16,15-17-7-10-29-23(27)12-17)19-3-2-8-30-24(19)32-21/h2-13H,14-15H2,1H3. The van der Waals surface area contributed by atoms with Gasteiger partial charge in [0.2, 0.25) is 17.8 Å². The van der Waals surface area contributed by atoms with Gasteiger partial charge in [0.05, 0.1) is 7.11 Å². The number of halogens is 2. The second-order valence-corrected chi connectivity index (χ2v) is 7.73. The van der Waals surface area contributed by atoms with E-state index in [9.17, 15) is 8.78 Å². The van der Waals surface area contributed by atoms with E-state index in [1.807, 2.05) is 30.3 Å². The van der Waals surface area contributed by atoms with Gasteiger partial charge in [0.15, 0.2) is 0 Å². The molecule has 0 spiro atoms. The third-order valence-electron chi connectivity index (χ3n) is 5.79. The van der Waals surface area contributed by atoms with Crippen LogP contribution in [0, 0.1) is 11.9 Å². The molecule has 1 aromatic carbocycles. The summed E-state index contributed by atoms with van der Waals surface area (Å²) in [6, 6.07) is 15.7. The van der Waals surface area contributed by atoms with Crippen LogP contribution in [0.4, 0.5) is 8.78 Å². The van der Waals surface area contributed by atoms with Crippen molar-refractivity contribution < 1.29 is 18.3 Å². The molecule has 5 rings (SSSR count). The Morgan fingerprint density at radius 3 is 2.12 bits per heavy atom. The molecule has 0 bridgehead atoms. The van der Waals surface area contributed by atoms with Crippen molar-refractivity contribution in [1.29, 1.82) is 0 Å². The normalized spacial score (nSPS) is 13.6. The van der Waals surface area contributed by atoms with Crippen molar-refractivity contribution in [3.63, 3.8) is 0 Å². The summed E-state index contributed by atoms with van der Waals surface area (Å²) < 4.78 is 39.6. The molecule has 4 heterocycles. The third-order valence-corrected chi connectivity index (χ3v) is 5.79. The molecule has 0 aliphatic carbocycles. The first-order valence-corrected chi connectivity index (χ1v) is 10.1. The molecule has 0 saturated heterocycles. The molecule has 0 amide bonds. The van der Waals surface area contributed by atoms with Crippen LogP contribution in [0.3, 0.4) is 0 Å². The predicted octanol–water partition coefficient (Wildman–Crippen LogP) is 5.04. The second-order valence-electron chi connectivity index (χ2n) is 7.73. The molecular formula is C25H19F2N3O2. The van der Waals surface area contributed by atoms with Gasteiger partial charge < -0.3 is 9.47 Å². The number of hydrogen-bond donors (Lipinski definition) is 0. The molecule has 4 aromatic rings. The molecule has 7 heteroatoms. The van der Waals surface area contributed by atoms with Gasteiger partial charge in [-0.05, 0) is 72.5 Å². The summed E-state index contributed by atoms with van der Waals surface area (Å²) in [5.41, 5.74) is 2.45. The lowest BCUT2D eigenvalue weighted by Crippen LogP contribution is -2.36. The van der Waals surface area contributed by atoms with Crippen LogP contribution in [0.1, 0.15) is 22.3 Å². The van der Waals surface area contributed by atoms with E-state index in [4.69, 9.17) is 9.47 Å². The first kappa shape index (κ1) is 20.1. The topological polar surface area (TPSA) is 57.1 Å². The van der Waals surface area contributed by atoms with Crippen molar-refractivity contribution in [1.82, 2.24) is 15.0 Å². The van der Waals surface area contributed by atoms with Crippen molar-refractivity contribution in [3.8, 4) is 17.4 Å². The maximum Gasteiger partial charge on any atom is 0.223 e. The van der Waals surface area contributed by atoms with Crippen molar-refractivity contribution >= 4 is 0 Å². The lowest BCUT2D eigenvalue weighted by molar-refractivity contribution is 0.365. The Bertz CT molecular complexity index is 1250. The zero-order valence-corrected chi connectivity index (χ0v) is 17.3. The van der Waals surface area contributed by atoms with E-state index >= 15 is 0 Å². The van der Waals surface area contributed by atoms with Crippen LogP contribution in [0.2, 0.25) is 0 Å². The lowest BCUT2D eigenvalue weighted by Gasteiger charge is -2.40. The van der Waals surface area contributed by atoms with Gasteiger partial charge in [0, 0.05) is 35.1 Å². The molecule has 0 saturated carbocycles. The number of hydrogen-bond acceptors (Lipinski definition) is 5. The van der Waals surface area contributed by atoms with Gasteiger partial charge in [0.25, 0.3) is 0 Å². The Morgan fingerprint density at radius 2 is 1.50 bits per heavy atom. The summed E-state index contributed by atoms with van der Waals surface area (Å²) in [6.45, 7) is 0. The average Bonchev–Trinajstić information content (AvgIpc) is 2.79. The summed E-state index contributed by atoms with van der Waals surface area (Å²) in [4.78, 5) is 11.8. The highest BCUT2D eigenvalue weighted by Crippen LogP contribution is 2.51. The lowest BCUT2D eigenvalue weighted by atomic mass is 9.66. The Labute approximate surface area is 183 Å². The number of rotatable bonds is 5. The molecule has 0 unspecified atom stereocenters. The number of nitrogens with zero attached hydrogens (tertiary/aromatic N) is 3. The minimum absolute atomic E-state index is 0.415. The highest BCUT2D eigenvalue weighted by Gasteiger charge is 2.43. The monoisotopic (exact) mass is 431 g/mol. The van der Waals surface area contributed by atoms with Gasteiger partial charge >= 0.3 is 0 Å². The van der Waals surface area contributed by atoms with Gasteiger partial charge in [0.1, 0.15) is 11.5 Å². The summed E-state index contributed by atoms with van der Waals surface area (Å²) in [6.07, 6.45) is 5.38. The largest absolute Gasteiger partial charge is 0.497 e. The molecule has 0 radical (unpaired) electrons. The fourth-order valence-electron chi connectivity index (χ4n) is 4.43. The minimum atomic E-state index is -0.729. The van der Waals surface area contributed by atoms with E-state index in [2.05, 4.69) is 15.0 Å². The Kier molecular flexibility index (Phi) is 5.01. The third kappa shape index (κ3) is 3.56. The van der Waals surface area contributed by atoms with Gasteiger partial charge in [-0.3, -0.25) is 0 Å². The van der Waals surface area contributed by atoms with E-state index in [1.54, 1.807) is 25.4 Å². The zero-order valence-electron chi connectivity index (χ0n) is 17.3. The van der Waals surface area contributed by atoms with Crippen molar-refractivity contribution in [2.24, 2.45) is 0 Å². The van der Waals surface area contributed by atoms with E-state index in [0.29, 0.717) is 30.2 Å². The molecule has 0 N–H and O–H groups in total. The predicted molar refractivity (Wildman–Crippen MR) is 114 cm³/mol. The SMILES string of the molecule is COc1ccc2c(c1)C(Cc1ccnc(F)c1)(Cc1ccnc(F)c1)c1cccnc1O2. The quantitative estimate of drug-likeness (QED) is 0.415. The number of aromatic nitrogens is 3. The van der Waals surface area contributed by atoms with Crippen LogP contribution in [0.5, 0.6) is 17.4 Å². The van der Waals surface area contributed by atoms with Crippen molar-refractivity contribution in [2.75, 3.05) is 7.11 Å². The van der Waals surface area contributed by atoms with Crippen LogP contribution in [0.15, 0.2) is 73.2 Å². The van der Waals surface area contributed by atoms with Crippen LogP contribution in [0.25, 0.3) is 0 Å². The van der Waals surface area contributed by atoms with E-state index < -0.39 is 17.3 Å². The van der Waals surface area contributed by atoms with Crippen LogP contribution >= 0.6 is 0 Å². The van der Waals surface area contributed by atoms with Gasteiger partial charge in [-0.25, -0.2) is 15.0 Å². The number of fused-ring (bicyclic) bond motifs is 2. The van der Waals surface area contributed by atoms with Crippen molar-refractivity contribution in [3.05, 3.63) is 107 Å². The summed E-state index contributed by atoms with van der Waals surface area (Å²) in [7, 11) is 1.60. The molecule has 32 heavy (non-hydrogen) atoms. The molecule has 5 nitrogen and oxygen atoms in total. The highest BCUT2D eigenvalue weighted by molar-refractivity contribution is 5.59. The average molecular weight is 431 g/mol. The molecule has 3 aromatic heterocycles. The van der Waals surface area contributed by atoms with Crippen LogP contribution < -0.4 is 9.47 Å². The van der Waals surface area contributed by atoms with E-state index in [1.165, 1.54) is 24.5 Å². The van der Waals surface area contributed by atoms with E-state index in [0.717, 1.165) is 22.3 Å². The Balaban J connectivity index is 1.78. The van der Waals surface area contributed by atoms with Crippen LogP contribution in [-0.4, -0.2) is 22.1 Å². The smallest absolute Gasteiger partial charge is 0.223 e. The van der Waals surface area contributed by atoms with Gasteiger partial charge in [-0.1, -0.05) is 6.07 Å². The fraction of sp³-hybridized carbons (Fsp3) is 0.160. The first-order valence-electron chi connectivity index (χ1n) is 10.1. The maximum absolute atomic E-state index is 14.0. The maximum atomic E-state index is 14.0. The Morgan fingerprint density at radius 1 is 0.812 bits per heavy atom. The number of methoxy groups -OCH3 is 1. The number of ether oxygens (including phenoxy) is 2. The summed E-state index contributed by atoms with van der Waals surface area (Å²) in [5, 5.41) is 0. The highest BCUT2D eigenvalue weighted by atomic mass is 19.1. The van der Waals surface area contributed by atoms with E-state index in [-0.39, 0.29) is 0 Å². The molecule has 160 valence electrons. The van der Waals surface area contributed by atoms with Gasteiger partial charge in [-0.15, -0.1) is 0 Å². The molecule has 1 aliphatic rings. The molecule has 0 fully saturated rings. The molecule has 1 aliphatic heterocycles. The van der Waals surface area contributed by atoms with Crippen LogP contribution in [-0.2, 0) is 18.3 Å². The first-order chi connectivity index (χ1) is 15.6. The number of pyridine rings is 3. The fourth-order valence-corrected chi connectivity index (χ4v) is 4.43.